The summed E-state index contributed by atoms with van der Waals surface area (Å²) in [7, 11) is 2.01. The summed E-state index contributed by atoms with van der Waals surface area (Å²) in [6, 6.07) is 4.36. The molecule has 8 nitrogen and oxygen atoms in total. The summed E-state index contributed by atoms with van der Waals surface area (Å²) in [6.45, 7) is 8.28. The minimum absolute atomic E-state index is 0.0869. The summed E-state index contributed by atoms with van der Waals surface area (Å²) in [5.41, 5.74) is -0.156. The van der Waals surface area contributed by atoms with E-state index in [-0.39, 0.29) is 11.3 Å². The van der Waals surface area contributed by atoms with Crippen LogP contribution in [-0.4, -0.2) is 54.6 Å². The first kappa shape index (κ1) is 18.2. The zero-order valence-electron chi connectivity index (χ0n) is 14.4. The van der Waals surface area contributed by atoms with Gasteiger partial charge in [-0.2, -0.15) is 4.89 Å². The minimum atomic E-state index is -0.752. The van der Waals surface area contributed by atoms with Gasteiger partial charge in [0.15, 0.2) is 0 Å². The highest BCUT2D eigenvalue weighted by molar-refractivity contribution is 5.91. The maximum Gasteiger partial charge on any atom is 0.373 e. The van der Waals surface area contributed by atoms with Gasteiger partial charge in [0, 0.05) is 32.2 Å². The number of benzene rings is 1. The van der Waals surface area contributed by atoms with Gasteiger partial charge in [0.2, 0.25) is 0 Å². The molecular formula is C16H23N3O5. The van der Waals surface area contributed by atoms with Crippen molar-refractivity contribution in [3.8, 4) is 0 Å². The molecule has 0 amide bonds. The topological polar surface area (TPSA) is 85.2 Å². The lowest BCUT2D eigenvalue weighted by molar-refractivity contribution is -0.384. The predicted octanol–water partition coefficient (Wildman–Crippen LogP) is 2.23. The van der Waals surface area contributed by atoms with E-state index in [1.165, 1.54) is 12.1 Å². The third-order valence-electron chi connectivity index (χ3n) is 3.62. The highest BCUT2D eigenvalue weighted by atomic mass is 17.2. The van der Waals surface area contributed by atoms with E-state index in [0.717, 1.165) is 13.1 Å². The molecule has 1 heterocycles. The van der Waals surface area contributed by atoms with Crippen molar-refractivity contribution in [3.05, 3.63) is 33.9 Å². The Bertz CT molecular complexity index is 619. The molecule has 1 saturated heterocycles. The SMILES string of the molecule is CN1CCN(c2ccc(C(=O)OOC(C)(C)C)cc2[N+](=O)[O-])CC1. The second-order valence-electron chi connectivity index (χ2n) is 6.82. The second kappa shape index (κ2) is 7.14. The number of carbonyl (C=O) groups is 1. The third kappa shape index (κ3) is 4.65. The number of likely N-dealkylation sites (N-methyl/N-ethyl adjacent to an activating group) is 1. The first-order chi connectivity index (χ1) is 11.2. The van der Waals surface area contributed by atoms with Crippen LogP contribution in [0.25, 0.3) is 0 Å². The molecule has 1 aliphatic rings. The van der Waals surface area contributed by atoms with E-state index >= 15 is 0 Å². The maximum absolute atomic E-state index is 12.0. The van der Waals surface area contributed by atoms with Crippen molar-refractivity contribution in [1.29, 1.82) is 0 Å². The number of rotatable bonds is 4. The molecule has 1 aliphatic heterocycles. The molecule has 132 valence electrons. The van der Waals surface area contributed by atoms with Crippen molar-refractivity contribution in [2.75, 3.05) is 38.1 Å². The summed E-state index contributed by atoms with van der Waals surface area (Å²) < 4.78 is 0. The maximum atomic E-state index is 12.0. The van der Waals surface area contributed by atoms with Gasteiger partial charge in [0.25, 0.3) is 5.69 Å². The fraction of sp³-hybridized carbons (Fsp3) is 0.562. The molecular weight excluding hydrogens is 314 g/mol. The van der Waals surface area contributed by atoms with Crippen molar-refractivity contribution in [3.63, 3.8) is 0 Å². The molecule has 0 unspecified atom stereocenters. The number of carbonyl (C=O) groups excluding carboxylic acids is 1. The number of nitro groups is 1. The molecule has 2 rings (SSSR count). The number of piperazine rings is 1. The van der Waals surface area contributed by atoms with Crippen LogP contribution >= 0.6 is 0 Å². The Kier molecular flexibility index (Phi) is 5.40. The summed E-state index contributed by atoms with van der Waals surface area (Å²) in [5, 5.41) is 11.4. The van der Waals surface area contributed by atoms with Crippen LogP contribution < -0.4 is 4.90 Å². The number of anilines is 1. The summed E-state index contributed by atoms with van der Waals surface area (Å²) >= 11 is 0. The Morgan fingerprint density at radius 3 is 2.38 bits per heavy atom. The van der Waals surface area contributed by atoms with Crippen molar-refractivity contribution in [1.82, 2.24) is 4.90 Å². The predicted molar refractivity (Wildman–Crippen MR) is 89.1 cm³/mol. The van der Waals surface area contributed by atoms with Crippen LogP contribution in [0.1, 0.15) is 31.1 Å². The average molecular weight is 337 g/mol. The Morgan fingerprint density at radius 1 is 1.21 bits per heavy atom. The van der Waals surface area contributed by atoms with Crippen LogP contribution in [0, 0.1) is 10.1 Å². The Labute approximate surface area is 141 Å². The molecule has 8 heteroatoms. The van der Waals surface area contributed by atoms with E-state index < -0.39 is 16.5 Å². The largest absolute Gasteiger partial charge is 0.373 e. The quantitative estimate of drug-likeness (QED) is 0.473. The molecule has 1 fully saturated rings. The summed E-state index contributed by atoms with van der Waals surface area (Å²) in [5.74, 6) is -0.752. The van der Waals surface area contributed by atoms with Crippen molar-refractivity contribution in [2.45, 2.75) is 26.4 Å². The monoisotopic (exact) mass is 337 g/mol. The molecule has 0 radical (unpaired) electrons. The molecule has 0 saturated carbocycles. The molecule has 0 atom stereocenters. The molecule has 24 heavy (non-hydrogen) atoms. The van der Waals surface area contributed by atoms with Gasteiger partial charge in [-0.1, -0.05) is 0 Å². The highest BCUT2D eigenvalue weighted by Crippen LogP contribution is 2.30. The van der Waals surface area contributed by atoms with E-state index in [0.29, 0.717) is 18.8 Å². The van der Waals surface area contributed by atoms with Gasteiger partial charge in [-0.3, -0.25) is 15.0 Å². The zero-order valence-corrected chi connectivity index (χ0v) is 14.4. The average Bonchev–Trinajstić information content (AvgIpc) is 2.52. The second-order valence-corrected chi connectivity index (χ2v) is 6.82. The number of nitrogens with zero attached hydrogens (tertiary/aromatic N) is 3. The van der Waals surface area contributed by atoms with Crippen LogP contribution in [0.4, 0.5) is 11.4 Å². The van der Waals surface area contributed by atoms with Crippen molar-refractivity contribution >= 4 is 17.3 Å². The minimum Gasteiger partial charge on any atom is -0.363 e. The van der Waals surface area contributed by atoms with Gasteiger partial charge in [-0.25, -0.2) is 4.79 Å². The molecule has 0 bridgehead atoms. The van der Waals surface area contributed by atoms with E-state index in [1.54, 1.807) is 26.8 Å². The lowest BCUT2D eigenvalue weighted by Crippen LogP contribution is -2.44. The van der Waals surface area contributed by atoms with E-state index in [2.05, 4.69) is 4.90 Å². The van der Waals surface area contributed by atoms with Gasteiger partial charge in [-0.15, -0.1) is 0 Å². The van der Waals surface area contributed by atoms with Gasteiger partial charge in [0.1, 0.15) is 11.3 Å². The van der Waals surface area contributed by atoms with Gasteiger partial charge >= 0.3 is 5.97 Å². The number of hydrogen-bond acceptors (Lipinski definition) is 7. The van der Waals surface area contributed by atoms with Crippen LogP contribution in [0.3, 0.4) is 0 Å². The van der Waals surface area contributed by atoms with Crippen molar-refractivity contribution < 1.29 is 19.5 Å². The Balaban J connectivity index is 2.20. The van der Waals surface area contributed by atoms with Crippen LogP contribution in [-0.2, 0) is 9.78 Å². The third-order valence-corrected chi connectivity index (χ3v) is 3.62. The molecule has 0 N–H and O–H groups in total. The molecule has 0 aliphatic carbocycles. The summed E-state index contributed by atoms with van der Waals surface area (Å²) in [6.07, 6.45) is 0. The normalized spacial score (nSPS) is 16.1. The molecule has 1 aromatic carbocycles. The van der Waals surface area contributed by atoms with E-state index in [4.69, 9.17) is 9.78 Å². The van der Waals surface area contributed by atoms with Gasteiger partial charge < -0.3 is 9.80 Å². The first-order valence-corrected chi connectivity index (χ1v) is 7.79. The van der Waals surface area contributed by atoms with E-state index in [1.807, 2.05) is 11.9 Å². The van der Waals surface area contributed by atoms with Crippen molar-refractivity contribution in [2.24, 2.45) is 0 Å². The standard InChI is InChI=1S/C16H23N3O5/c1-16(2,3)24-23-15(20)12-5-6-13(14(11-12)19(21)22)18-9-7-17(4)8-10-18/h5-6,11H,7-10H2,1-4H3. The lowest BCUT2D eigenvalue weighted by atomic mass is 10.1. The fourth-order valence-electron chi connectivity index (χ4n) is 2.32. The molecule has 0 spiro atoms. The Hall–Kier alpha value is -2.19. The lowest BCUT2D eigenvalue weighted by Gasteiger charge is -2.33. The highest BCUT2D eigenvalue weighted by Gasteiger charge is 2.25. The molecule has 0 aromatic heterocycles. The van der Waals surface area contributed by atoms with Crippen LogP contribution in [0.5, 0.6) is 0 Å². The molecule has 1 aromatic rings. The fourth-order valence-corrected chi connectivity index (χ4v) is 2.32. The van der Waals surface area contributed by atoms with Crippen LogP contribution in [0.15, 0.2) is 18.2 Å². The first-order valence-electron chi connectivity index (χ1n) is 7.79. The zero-order chi connectivity index (χ0) is 17.9. The van der Waals surface area contributed by atoms with E-state index in [9.17, 15) is 14.9 Å². The van der Waals surface area contributed by atoms with Crippen LogP contribution in [0.2, 0.25) is 0 Å². The van der Waals surface area contributed by atoms with Gasteiger partial charge in [-0.05, 0) is 40.0 Å². The smallest absolute Gasteiger partial charge is 0.363 e. The number of nitro benzene ring substituents is 1. The van der Waals surface area contributed by atoms with Gasteiger partial charge in [0.05, 0.1) is 10.5 Å². The summed E-state index contributed by atoms with van der Waals surface area (Å²) in [4.78, 5) is 36.8. The Morgan fingerprint density at radius 2 is 1.83 bits per heavy atom. The number of hydrogen-bond donors (Lipinski definition) is 0.